The van der Waals surface area contributed by atoms with Gasteiger partial charge in [0.05, 0.1) is 10.7 Å². The van der Waals surface area contributed by atoms with Crippen molar-refractivity contribution in [3.63, 3.8) is 0 Å². The van der Waals surface area contributed by atoms with Gasteiger partial charge in [0.2, 0.25) is 0 Å². The summed E-state index contributed by atoms with van der Waals surface area (Å²) in [6, 6.07) is 2.71. The highest BCUT2D eigenvalue weighted by Gasteiger charge is 2.32. The Morgan fingerprint density at radius 1 is 1.57 bits per heavy atom. The van der Waals surface area contributed by atoms with Gasteiger partial charge in [-0.25, -0.2) is 13.4 Å². The predicted octanol–water partition coefficient (Wildman–Crippen LogP) is 0.963. The van der Waals surface area contributed by atoms with Gasteiger partial charge in [0.15, 0.2) is 10.9 Å². The van der Waals surface area contributed by atoms with E-state index in [1.807, 2.05) is 0 Å². The van der Waals surface area contributed by atoms with Gasteiger partial charge < -0.3 is 20.9 Å². The van der Waals surface area contributed by atoms with Crippen molar-refractivity contribution >= 4 is 44.6 Å². The van der Waals surface area contributed by atoms with Crippen LogP contribution in [0, 0.1) is 0 Å². The Morgan fingerprint density at radius 2 is 2.26 bits per heavy atom. The number of hydrogen-bond donors (Lipinski definition) is 4. The Hall–Kier alpha value is -1.17. The Labute approximate surface area is 144 Å². The molecule has 1 atom stereocenters. The first-order chi connectivity index (χ1) is 10.8. The number of benzene rings is 1. The van der Waals surface area contributed by atoms with Crippen LogP contribution in [0.4, 0.5) is 5.69 Å². The molecule has 11 heteroatoms. The minimum absolute atomic E-state index is 0.0481. The number of anilines is 1. The average molecular weight is 381 g/mol. The van der Waals surface area contributed by atoms with Gasteiger partial charge in [0, 0.05) is 13.7 Å². The number of halogens is 1. The lowest BCUT2D eigenvalue weighted by Crippen LogP contribution is -2.45. The van der Waals surface area contributed by atoms with Gasteiger partial charge in [0.1, 0.15) is 11.1 Å². The molecule has 0 aliphatic carbocycles. The Morgan fingerprint density at radius 3 is 2.87 bits per heavy atom. The number of phenols is 1. The number of phenolic OH excluding ortho intramolecular Hbond substituents is 1. The number of hydrazine groups is 1. The van der Waals surface area contributed by atoms with Crippen LogP contribution in [0.3, 0.4) is 0 Å². The van der Waals surface area contributed by atoms with Crippen molar-refractivity contribution in [1.82, 2.24) is 9.84 Å². The number of methoxy groups -OCH3 is 1. The monoisotopic (exact) mass is 380 g/mol. The van der Waals surface area contributed by atoms with E-state index in [0.29, 0.717) is 13.0 Å². The van der Waals surface area contributed by atoms with Gasteiger partial charge in [-0.1, -0.05) is 11.6 Å². The molecule has 2 rings (SSSR count). The largest absolute Gasteiger partial charge is 0.504 e. The highest BCUT2D eigenvalue weighted by atomic mass is 35.5. The molecule has 1 aliphatic heterocycles. The number of nitrogens with one attached hydrogen (secondary N) is 2. The summed E-state index contributed by atoms with van der Waals surface area (Å²) in [6.45, 7) is 0.487. The Bertz CT molecular complexity index is 713. The molecule has 1 aromatic carbocycles. The molecule has 1 fully saturated rings. The van der Waals surface area contributed by atoms with Crippen LogP contribution in [0.5, 0.6) is 5.75 Å². The minimum atomic E-state index is -4.12. The van der Waals surface area contributed by atoms with Crippen LogP contribution >= 0.6 is 23.8 Å². The second-order valence-corrected chi connectivity index (χ2v) is 7.33. The quantitative estimate of drug-likeness (QED) is 0.441. The number of nitrogens with two attached hydrogens (primary N) is 1. The molecule has 0 saturated carbocycles. The van der Waals surface area contributed by atoms with Crippen LogP contribution in [0.15, 0.2) is 17.0 Å². The number of sulfonamides is 1. The Kier molecular flexibility index (Phi) is 5.65. The summed E-state index contributed by atoms with van der Waals surface area (Å²) in [6.07, 6.45) is 1.11. The third kappa shape index (κ3) is 4.03. The first-order valence-electron chi connectivity index (χ1n) is 6.66. The van der Waals surface area contributed by atoms with E-state index < -0.39 is 20.7 Å². The van der Waals surface area contributed by atoms with Gasteiger partial charge in [-0.2, -0.15) is 0 Å². The van der Waals surface area contributed by atoms with E-state index in [4.69, 9.17) is 22.1 Å². The van der Waals surface area contributed by atoms with Gasteiger partial charge in [-0.3, -0.25) is 0 Å². The van der Waals surface area contributed by atoms with Crippen LogP contribution in [-0.4, -0.2) is 43.5 Å². The number of hydrogen-bond acceptors (Lipinski definition) is 6. The van der Waals surface area contributed by atoms with Gasteiger partial charge in [0.25, 0.3) is 10.0 Å². The maximum Gasteiger partial charge on any atom is 0.258 e. The van der Waals surface area contributed by atoms with Crippen LogP contribution in [0.2, 0.25) is 5.02 Å². The van der Waals surface area contributed by atoms with Crippen molar-refractivity contribution < 1.29 is 18.3 Å². The SMILES string of the molecule is CO[C@@H]1CCCN1NS(=O)(=O)c1c(Cl)ccc(NC(N)=S)c1O. The number of thiocarbonyl (C=S) groups is 1. The molecule has 0 bridgehead atoms. The normalized spacial score (nSPS) is 19.0. The predicted molar refractivity (Wildman–Crippen MR) is 90.6 cm³/mol. The highest BCUT2D eigenvalue weighted by Crippen LogP contribution is 2.37. The molecular weight excluding hydrogens is 364 g/mol. The second kappa shape index (κ2) is 7.16. The van der Waals surface area contributed by atoms with Crippen LogP contribution in [-0.2, 0) is 14.8 Å². The molecule has 0 spiro atoms. The van der Waals surface area contributed by atoms with E-state index in [2.05, 4.69) is 22.4 Å². The summed E-state index contributed by atoms with van der Waals surface area (Å²) in [5, 5.41) is 13.9. The lowest BCUT2D eigenvalue weighted by molar-refractivity contribution is -0.0163. The molecule has 0 aromatic heterocycles. The summed E-state index contributed by atoms with van der Waals surface area (Å²) >= 11 is 10.6. The minimum Gasteiger partial charge on any atom is -0.504 e. The first kappa shape index (κ1) is 18.2. The summed E-state index contributed by atoms with van der Waals surface area (Å²) < 4.78 is 30.4. The molecule has 0 unspecified atom stereocenters. The van der Waals surface area contributed by atoms with Crippen molar-refractivity contribution in [2.24, 2.45) is 5.73 Å². The maximum absolute atomic E-state index is 12.6. The molecular formula is C12H17ClN4O4S2. The lowest BCUT2D eigenvalue weighted by atomic mass is 10.3. The Balaban J connectivity index is 2.37. The van der Waals surface area contributed by atoms with Crippen LogP contribution in [0.1, 0.15) is 12.8 Å². The van der Waals surface area contributed by atoms with E-state index in [-0.39, 0.29) is 22.1 Å². The summed E-state index contributed by atoms with van der Waals surface area (Å²) in [7, 11) is -2.62. The third-order valence-corrected chi connectivity index (χ3v) is 5.27. The zero-order chi connectivity index (χ0) is 17.2. The smallest absolute Gasteiger partial charge is 0.258 e. The van der Waals surface area contributed by atoms with E-state index in [9.17, 15) is 13.5 Å². The highest BCUT2D eigenvalue weighted by molar-refractivity contribution is 7.89. The molecule has 128 valence electrons. The zero-order valence-corrected chi connectivity index (χ0v) is 14.6. The van der Waals surface area contributed by atoms with Gasteiger partial charge >= 0.3 is 0 Å². The lowest BCUT2D eigenvalue weighted by Gasteiger charge is -2.24. The van der Waals surface area contributed by atoms with Crippen molar-refractivity contribution in [3.8, 4) is 5.75 Å². The summed E-state index contributed by atoms with van der Waals surface area (Å²) in [5.41, 5.74) is 5.39. The van der Waals surface area contributed by atoms with Gasteiger partial charge in [-0.15, -0.1) is 4.83 Å². The maximum atomic E-state index is 12.6. The number of ether oxygens (including phenoxy) is 1. The number of aromatic hydroxyl groups is 1. The van der Waals surface area contributed by atoms with Crippen molar-refractivity contribution in [3.05, 3.63) is 17.2 Å². The number of rotatable bonds is 5. The van der Waals surface area contributed by atoms with Gasteiger partial charge in [-0.05, 0) is 37.2 Å². The van der Waals surface area contributed by atoms with E-state index in [0.717, 1.165) is 6.42 Å². The molecule has 0 radical (unpaired) electrons. The van der Waals surface area contributed by atoms with E-state index in [1.54, 1.807) is 0 Å². The van der Waals surface area contributed by atoms with E-state index in [1.165, 1.54) is 24.3 Å². The van der Waals surface area contributed by atoms with E-state index >= 15 is 0 Å². The molecule has 1 aliphatic rings. The molecule has 23 heavy (non-hydrogen) atoms. The summed E-state index contributed by atoms with van der Waals surface area (Å²) in [4.78, 5) is 1.92. The average Bonchev–Trinajstić information content (AvgIpc) is 2.88. The number of nitrogens with zero attached hydrogens (tertiary/aromatic N) is 1. The fraction of sp³-hybridized carbons (Fsp3) is 0.417. The van der Waals surface area contributed by atoms with Crippen molar-refractivity contribution in [2.75, 3.05) is 19.0 Å². The van der Waals surface area contributed by atoms with Crippen molar-refractivity contribution in [1.29, 1.82) is 0 Å². The van der Waals surface area contributed by atoms with Crippen LogP contribution in [0.25, 0.3) is 0 Å². The fourth-order valence-corrected chi connectivity index (χ4v) is 4.19. The second-order valence-electron chi connectivity index (χ2n) is 4.88. The summed E-state index contributed by atoms with van der Waals surface area (Å²) in [5.74, 6) is -0.564. The molecule has 5 N–H and O–H groups in total. The zero-order valence-electron chi connectivity index (χ0n) is 12.2. The molecule has 1 aromatic rings. The van der Waals surface area contributed by atoms with Crippen molar-refractivity contribution in [2.45, 2.75) is 24.0 Å². The molecule has 0 amide bonds. The standard InChI is InChI=1S/C12H17ClN4O4S2/c1-21-9-3-2-6-17(9)16-23(19,20)11-7(13)4-5-8(10(11)18)15-12(14)22/h4-5,9,16,18H,2-3,6H2,1H3,(H3,14,15,22)/t9-/m1/s1. The molecule has 1 saturated heterocycles. The fourth-order valence-electron chi connectivity index (χ4n) is 2.32. The topological polar surface area (TPSA) is 117 Å². The third-order valence-electron chi connectivity index (χ3n) is 3.32. The van der Waals surface area contributed by atoms with Crippen LogP contribution < -0.4 is 15.9 Å². The molecule has 1 heterocycles. The first-order valence-corrected chi connectivity index (χ1v) is 8.93. The molecule has 8 nitrogen and oxygen atoms in total.